The van der Waals surface area contributed by atoms with Gasteiger partial charge in [0.05, 0.1) is 13.5 Å². The topological polar surface area (TPSA) is 29.5 Å². The zero-order valence-electron chi connectivity index (χ0n) is 12.5. The van der Waals surface area contributed by atoms with Gasteiger partial charge in [0.25, 0.3) is 0 Å². The molecule has 1 atom stereocenters. The van der Waals surface area contributed by atoms with Gasteiger partial charge in [0.2, 0.25) is 5.91 Å². The fourth-order valence-corrected chi connectivity index (χ4v) is 2.73. The Morgan fingerprint density at radius 3 is 2.59 bits per heavy atom. The van der Waals surface area contributed by atoms with Gasteiger partial charge in [0, 0.05) is 19.5 Å². The highest BCUT2D eigenvalue weighted by Gasteiger charge is 2.31. The summed E-state index contributed by atoms with van der Waals surface area (Å²) in [5, 5.41) is 0. The summed E-state index contributed by atoms with van der Waals surface area (Å²) in [6.45, 7) is 1.10. The Hall–Kier alpha value is -1.72. The fourth-order valence-electron chi connectivity index (χ4n) is 2.73. The van der Waals surface area contributed by atoms with Gasteiger partial charge in [-0.05, 0) is 36.5 Å². The number of hydrogen-bond acceptors (Lipinski definition) is 2. The number of carbonyl (C=O) groups is 1. The van der Waals surface area contributed by atoms with Crippen molar-refractivity contribution in [2.75, 3.05) is 20.2 Å². The van der Waals surface area contributed by atoms with E-state index in [1.54, 1.807) is 12.0 Å². The van der Waals surface area contributed by atoms with Crippen LogP contribution < -0.4 is 4.74 Å². The van der Waals surface area contributed by atoms with Crippen LogP contribution in [-0.4, -0.2) is 37.2 Å². The van der Waals surface area contributed by atoms with Crippen LogP contribution in [0.15, 0.2) is 24.3 Å². The largest absolute Gasteiger partial charge is 0.497 e. The summed E-state index contributed by atoms with van der Waals surface area (Å²) in [5.41, 5.74) is 1.15. The quantitative estimate of drug-likeness (QED) is 0.833. The SMILES string of the molecule is COc1ccc(CC2CCN(C(=O)CCC(F)(F)F)C2)cc1. The number of likely N-dealkylation sites (tertiary alicyclic amines) is 1. The van der Waals surface area contributed by atoms with Crippen LogP contribution in [0.3, 0.4) is 0 Å². The number of ether oxygens (including phenoxy) is 1. The monoisotopic (exact) mass is 315 g/mol. The van der Waals surface area contributed by atoms with Gasteiger partial charge in [-0.25, -0.2) is 0 Å². The van der Waals surface area contributed by atoms with Crippen molar-refractivity contribution in [3.63, 3.8) is 0 Å². The zero-order chi connectivity index (χ0) is 16.2. The smallest absolute Gasteiger partial charge is 0.389 e. The highest BCUT2D eigenvalue weighted by molar-refractivity contribution is 5.76. The molecule has 1 heterocycles. The Morgan fingerprint density at radius 2 is 2.00 bits per heavy atom. The molecular weight excluding hydrogens is 295 g/mol. The molecule has 1 amide bonds. The van der Waals surface area contributed by atoms with Crippen molar-refractivity contribution in [3.8, 4) is 5.75 Å². The Bertz CT molecular complexity index is 499. The first-order valence-electron chi connectivity index (χ1n) is 7.35. The average molecular weight is 315 g/mol. The van der Waals surface area contributed by atoms with Crippen LogP contribution >= 0.6 is 0 Å². The Labute approximate surface area is 128 Å². The molecule has 1 unspecified atom stereocenters. The molecule has 0 aromatic heterocycles. The van der Waals surface area contributed by atoms with Gasteiger partial charge in [0.1, 0.15) is 5.75 Å². The Kier molecular flexibility index (Phi) is 5.32. The molecule has 1 aromatic rings. The molecule has 1 aliphatic rings. The molecule has 0 bridgehead atoms. The van der Waals surface area contributed by atoms with Crippen LogP contribution in [0.5, 0.6) is 5.75 Å². The van der Waals surface area contributed by atoms with Crippen molar-refractivity contribution in [1.82, 2.24) is 4.90 Å². The molecule has 1 saturated heterocycles. The van der Waals surface area contributed by atoms with E-state index < -0.39 is 24.9 Å². The molecule has 1 aliphatic heterocycles. The van der Waals surface area contributed by atoms with E-state index in [2.05, 4.69) is 0 Å². The van der Waals surface area contributed by atoms with Gasteiger partial charge in [-0.3, -0.25) is 4.79 Å². The molecule has 22 heavy (non-hydrogen) atoms. The highest BCUT2D eigenvalue weighted by Crippen LogP contribution is 2.25. The third kappa shape index (κ3) is 4.93. The lowest BCUT2D eigenvalue weighted by molar-refractivity contribution is -0.148. The Morgan fingerprint density at radius 1 is 1.32 bits per heavy atom. The molecule has 122 valence electrons. The third-order valence-corrected chi connectivity index (χ3v) is 3.94. The molecule has 1 aromatic carbocycles. The molecule has 0 aliphatic carbocycles. The van der Waals surface area contributed by atoms with E-state index in [1.807, 2.05) is 24.3 Å². The zero-order valence-corrected chi connectivity index (χ0v) is 12.5. The summed E-state index contributed by atoms with van der Waals surface area (Å²) in [4.78, 5) is 13.3. The number of benzene rings is 1. The summed E-state index contributed by atoms with van der Waals surface area (Å²) in [6.07, 6.45) is -4.08. The minimum atomic E-state index is -4.27. The maximum Gasteiger partial charge on any atom is 0.389 e. The lowest BCUT2D eigenvalue weighted by atomic mass is 9.99. The molecule has 0 saturated carbocycles. The number of carbonyl (C=O) groups excluding carboxylic acids is 1. The van der Waals surface area contributed by atoms with Crippen molar-refractivity contribution < 1.29 is 22.7 Å². The van der Waals surface area contributed by atoms with Crippen molar-refractivity contribution in [3.05, 3.63) is 29.8 Å². The van der Waals surface area contributed by atoms with E-state index in [9.17, 15) is 18.0 Å². The van der Waals surface area contributed by atoms with Gasteiger partial charge in [-0.1, -0.05) is 12.1 Å². The van der Waals surface area contributed by atoms with Gasteiger partial charge in [0.15, 0.2) is 0 Å². The molecule has 1 fully saturated rings. The molecular formula is C16H20F3NO2. The number of nitrogens with zero attached hydrogens (tertiary/aromatic N) is 1. The standard InChI is InChI=1S/C16H20F3NO2/c1-22-14-4-2-12(3-5-14)10-13-7-9-20(11-13)15(21)6-8-16(17,18)19/h2-5,13H,6-11H2,1H3. The van der Waals surface area contributed by atoms with Crippen molar-refractivity contribution in [2.45, 2.75) is 31.9 Å². The molecule has 3 nitrogen and oxygen atoms in total. The van der Waals surface area contributed by atoms with E-state index in [0.29, 0.717) is 19.0 Å². The second-order valence-electron chi connectivity index (χ2n) is 5.66. The minimum absolute atomic E-state index is 0.309. The average Bonchev–Trinajstić information content (AvgIpc) is 2.93. The van der Waals surface area contributed by atoms with Crippen molar-refractivity contribution >= 4 is 5.91 Å². The number of alkyl halides is 3. The van der Waals surface area contributed by atoms with Crippen LogP contribution in [0, 0.1) is 5.92 Å². The third-order valence-electron chi connectivity index (χ3n) is 3.94. The summed E-state index contributed by atoms with van der Waals surface area (Å²) in [6, 6.07) is 7.73. The van der Waals surface area contributed by atoms with Crippen LogP contribution in [0.2, 0.25) is 0 Å². The first-order chi connectivity index (χ1) is 10.4. The summed E-state index contributed by atoms with van der Waals surface area (Å²) >= 11 is 0. The van der Waals surface area contributed by atoms with Crippen LogP contribution in [0.25, 0.3) is 0 Å². The molecule has 0 N–H and O–H groups in total. The molecule has 6 heteroatoms. The van der Waals surface area contributed by atoms with E-state index in [4.69, 9.17) is 4.74 Å². The number of halogens is 3. The number of methoxy groups -OCH3 is 1. The summed E-state index contributed by atoms with van der Waals surface area (Å²) in [5.74, 6) is 0.705. The first kappa shape index (κ1) is 16.6. The highest BCUT2D eigenvalue weighted by atomic mass is 19.4. The lowest BCUT2D eigenvalue weighted by Crippen LogP contribution is -2.29. The van der Waals surface area contributed by atoms with Gasteiger partial charge in [-0.15, -0.1) is 0 Å². The lowest BCUT2D eigenvalue weighted by Gasteiger charge is -2.17. The number of amides is 1. The second-order valence-corrected chi connectivity index (χ2v) is 5.66. The normalized spacial score (nSPS) is 18.5. The summed E-state index contributed by atoms with van der Waals surface area (Å²) < 4.78 is 41.5. The maximum atomic E-state index is 12.1. The van der Waals surface area contributed by atoms with Gasteiger partial charge in [-0.2, -0.15) is 13.2 Å². The van der Waals surface area contributed by atoms with E-state index in [0.717, 1.165) is 24.2 Å². The Balaban J connectivity index is 1.80. The van der Waals surface area contributed by atoms with Crippen LogP contribution in [0.4, 0.5) is 13.2 Å². The van der Waals surface area contributed by atoms with Crippen molar-refractivity contribution in [2.24, 2.45) is 5.92 Å². The number of rotatable bonds is 5. The van der Waals surface area contributed by atoms with E-state index in [-0.39, 0.29) is 0 Å². The van der Waals surface area contributed by atoms with E-state index in [1.165, 1.54) is 0 Å². The predicted octanol–water partition coefficient (Wildman–Crippen LogP) is 3.43. The molecule has 2 rings (SSSR count). The molecule has 0 radical (unpaired) electrons. The first-order valence-corrected chi connectivity index (χ1v) is 7.35. The van der Waals surface area contributed by atoms with Gasteiger partial charge < -0.3 is 9.64 Å². The molecule has 0 spiro atoms. The predicted molar refractivity (Wildman–Crippen MR) is 76.7 cm³/mol. The second kappa shape index (κ2) is 7.03. The minimum Gasteiger partial charge on any atom is -0.497 e. The fraction of sp³-hybridized carbons (Fsp3) is 0.562. The van der Waals surface area contributed by atoms with Crippen molar-refractivity contribution in [1.29, 1.82) is 0 Å². The van der Waals surface area contributed by atoms with Gasteiger partial charge >= 0.3 is 6.18 Å². The number of hydrogen-bond donors (Lipinski definition) is 0. The maximum absolute atomic E-state index is 12.1. The van der Waals surface area contributed by atoms with E-state index >= 15 is 0 Å². The van der Waals surface area contributed by atoms with Crippen LogP contribution in [0.1, 0.15) is 24.8 Å². The summed E-state index contributed by atoms with van der Waals surface area (Å²) in [7, 11) is 1.61. The van der Waals surface area contributed by atoms with Crippen LogP contribution in [-0.2, 0) is 11.2 Å².